The van der Waals surface area contributed by atoms with E-state index in [0.717, 1.165) is 16.8 Å². The van der Waals surface area contributed by atoms with Gasteiger partial charge in [-0.3, -0.25) is 4.79 Å². The van der Waals surface area contributed by atoms with Crippen LogP contribution in [0.15, 0.2) is 42.6 Å². The van der Waals surface area contributed by atoms with Crippen molar-refractivity contribution in [2.24, 2.45) is 0 Å². The first-order chi connectivity index (χ1) is 14.7. The SMILES string of the molecule is COc1cc(C)c(NC(=O)c2nn(-c3cccc(C(F)(F)F)c3)cc2OC)cc1OC. The van der Waals surface area contributed by atoms with E-state index in [0.29, 0.717) is 22.7 Å². The molecule has 7 nitrogen and oxygen atoms in total. The van der Waals surface area contributed by atoms with Gasteiger partial charge in [0.25, 0.3) is 5.91 Å². The molecule has 0 unspecified atom stereocenters. The molecule has 3 aromatic rings. The van der Waals surface area contributed by atoms with Crippen LogP contribution in [0.5, 0.6) is 17.2 Å². The zero-order chi connectivity index (χ0) is 22.8. The molecule has 31 heavy (non-hydrogen) atoms. The number of nitrogens with one attached hydrogen (secondary N) is 1. The third-order valence-electron chi connectivity index (χ3n) is 4.53. The van der Waals surface area contributed by atoms with Crippen molar-refractivity contribution in [2.75, 3.05) is 26.6 Å². The smallest absolute Gasteiger partial charge is 0.416 e. The summed E-state index contributed by atoms with van der Waals surface area (Å²) in [4.78, 5) is 12.9. The van der Waals surface area contributed by atoms with Crippen molar-refractivity contribution in [2.45, 2.75) is 13.1 Å². The minimum absolute atomic E-state index is 0.0888. The number of ether oxygens (including phenoxy) is 3. The molecule has 3 rings (SSSR count). The normalized spacial score (nSPS) is 11.2. The fourth-order valence-corrected chi connectivity index (χ4v) is 2.92. The summed E-state index contributed by atoms with van der Waals surface area (Å²) >= 11 is 0. The summed E-state index contributed by atoms with van der Waals surface area (Å²) in [6.07, 6.45) is -3.16. The van der Waals surface area contributed by atoms with Crippen molar-refractivity contribution < 1.29 is 32.2 Å². The first-order valence-corrected chi connectivity index (χ1v) is 9.03. The molecule has 0 saturated heterocycles. The van der Waals surface area contributed by atoms with Crippen LogP contribution in [0, 0.1) is 6.92 Å². The summed E-state index contributed by atoms with van der Waals surface area (Å²) in [6.45, 7) is 1.77. The molecule has 0 atom stereocenters. The lowest BCUT2D eigenvalue weighted by Crippen LogP contribution is -2.15. The van der Waals surface area contributed by atoms with Crippen molar-refractivity contribution in [3.63, 3.8) is 0 Å². The van der Waals surface area contributed by atoms with Crippen LogP contribution in [0.1, 0.15) is 21.6 Å². The summed E-state index contributed by atoms with van der Waals surface area (Å²) in [5.41, 5.74) is 0.385. The van der Waals surface area contributed by atoms with Gasteiger partial charge in [0, 0.05) is 11.8 Å². The number of hydrogen-bond acceptors (Lipinski definition) is 5. The molecule has 10 heteroatoms. The molecule has 2 aromatic carbocycles. The number of carbonyl (C=O) groups is 1. The summed E-state index contributed by atoms with van der Waals surface area (Å²) in [7, 11) is 4.31. The Kier molecular flexibility index (Phi) is 6.09. The first-order valence-electron chi connectivity index (χ1n) is 9.03. The zero-order valence-electron chi connectivity index (χ0n) is 17.2. The lowest BCUT2D eigenvalue weighted by Gasteiger charge is -2.13. The maximum absolute atomic E-state index is 13.0. The van der Waals surface area contributed by atoms with Gasteiger partial charge < -0.3 is 19.5 Å². The third-order valence-corrected chi connectivity index (χ3v) is 4.53. The Morgan fingerprint density at radius 2 is 1.65 bits per heavy atom. The Labute approximate surface area is 176 Å². The van der Waals surface area contributed by atoms with Gasteiger partial charge in [0.15, 0.2) is 22.9 Å². The van der Waals surface area contributed by atoms with E-state index in [2.05, 4.69) is 10.4 Å². The Morgan fingerprint density at radius 3 is 2.26 bits per heavy atom. The molecule has 1 aromatic heterocycles. The zero-order valence-corrected chi connectivity index (χ0v) is 17.2. The molecule has 164 valence electrons. The van der Waals surface area contributed by atoms with Gasteiger partial charge in [0.2, 0.25) is 0 Å². The Hall–Kier alpha value is -3.69. The quantitative estimate of drug-likeness (QED) is 0.618. The van der Waals surface area contributed by atoms with Crippen molar-refractivity contribution in [1.29, 1.82) is 0 Å². The van der Waals surface area contributed by atoms with Crippen LogP contribution in [0.3, 0.4) is 0 Å². The average Bonchev–Trinajstić information content (AvgIpc) is 3.19. The second kappa shape index (κ2) is 8.58. The van der Waals surface area contributed by atoms with E-state index >= 15 is 0 Å². The number of rotatable bonds is 6. The highest BCUT2D eigenvalue weighted by Gasteiger charge is 2.31. The van der Waals surface area contributed by atoms with Crippen LogP contribution in [-0.4, -0.2) is 37.0 Å². The van der Waals surface area contributed by atoms with Crippen LogP contribution in [0.2, 0.25) is 0 Å². The van der Waals surface area contributed by atoms with Crippen LogP contribution >= 0.6 is 0 Å². The number of carbonyl (C=O) groups excluding carboxylic acids is 1. The van der Waals surface area contributed by atoms with E-state index in [9.17, 15) is 18.0 Å². The molecule has 0 bridgehead atoms. The number of amides is 1. The van der Waals surface area contributed by atoms with Crippen molar-refractivity contribution in [1.82, 2.24) is 9.78 Å². The molecule has 1 heterocycles. The lowest BCUT2D eigenvalue weighted by atomic mass is 10.1. The van der Waals surface area contributed by atoms with Crippen molar-refractivity contribution >= 4 is 11.6 Å². The van der Waals surface area contributed by atoms with Crippen LogP contribution in [0.25, 0.3) is 5.69 Å². The van der Waals surface area contributed by atoms with Gasteiger partial charge in [-0.2, -0.15) is 18.3 Å². The number of methoxy groups -OCH3 is 3. The van der Waals surface area contributed by atoms with Gasteiger partial charge in [-0.25, -0.2) is 4.68 Å². The van der Waals surface area contributed by atoms with Gasteiger partial charge in [0.1, 0.15) is 0 Å². The molecule has 0 spiro atoms. The lowest BCUT2D eigenvalue weighted by molar-refractivity contribution is -0.137. The van der Waals surface area contributed by atoms with Gasteiger partial charge in [0.05, 0.1) is 38.8 Å². The van der Waals surface area contributed by atoms with E-state index < -0.39 is 17.6 Å². The van der Waals surface area contributed by atoms with E-state index in [1.807, 2.05) is 0 Å². The van der Waals surface area contributed by atoms with Crippen molar-refractivity contribution in [3.8, 4) is 22.9 Å². The monoisotopic (exact) mass is 435 g/mol. The summed E-state index contributed by atoms with van der Waals surface area (Å²) in [5, 5.41) is 6.85. The summed E-state index contributed by atoms with van der Waals surface area (Å²) < 4.78 is 55.9. The van der Waals surface area contributed by atoms with Gasteiger partial charge >= 0.3 is 6.18 Å². The molecule has 1 N–H and O–H groups in total. The third kappa shape index (κ3) is 4.57. The van der Waals surface area contributed by atoms with E-state index in [1.165, 1.54) is 39.7 Å². The standard InChI is InChI=1S/C21H20F3N3O4/c1-12-8-16(29-2)17(30-3)10-15(12)25-20(28)19-18(31-4)11-27(26-19)14-7-5-6-13(9-14)21(22,23)24/h5-11H,1-4H3,(H,25,28). The van der Waals surface area contributed by atoms with Gasteiger partial charge in [-0.05, 0) is 36.8 Å². The van der Waals surface area contributed by atoms with Crippen molar-refractivity contribution in [3.05, 3.63) is 59.4 Å². The second-order valence-corrected chi connectivity index (χ2v) is 6.51. The topological polar surface area (TPSA) is 74.6 Å². The van der Waals surface area contributed by atoms with E-state index in [1.54, 1.807) is 19.1 Å². The minimum Gasteiger partial charge on any atom is -0.493 e. The number of aromatic nitrogens is 2. The number of hydrogen-bond donors (Lipinski definition) is 1. The summed E-state index contributed by atoms with van der Waals surface area (Å²) in [6, 6.07) is 7.90. The molecule has 1 amide bonds. The first kappa shape index (κ1) is 22.0. The van der Waals surface area contributed by atoms with E-state index in [-0.39, 0.29) is 17.1 Å². The van der Waals surface area contributed by atoms with Crippen LogP contribution in [-0.2, 0) is 6.18 Å². The number of nitrogens with zero attached hydrogens (tertiary/aromatic N) is 2. The Morgan fingerprint density at radius 1 is 1.00 bits per heavy atom. The van der Waals surface area contributed by atoms with Gasteiger partial charge in [-0.1, -0.05) is 6.07 Å². The number of anilines is 1. The highest BCUT2D eigenvalue weighted by Crippen LogP contribution is 2.34. The van der Waals surface area contributed by atoms with Crippen LogP contribution < -0.4 is 19.5 Å². The number of aryl methyl sites for hydroxylation is 1. The predicted molar refractivity (Wildman–Crippen MR) is 107 cm³/mol. The fourth-order valence-electron chi connectivity index (χ4n) is 2.92. The number of benzene rings is 2. The molecule has 0 aliphatic rings. The number of alkyl halides is 3. The highest BCUT2D eigenvalue weighted by atomic mass is 19.4. The van der Waals surface area contributed by atoms with E-state index in [4.69, 9.17) is 14.2 Å². The predicted octanol–water partition coefficient (Wildman–Crippen LogP) is 4.48. The fraction of sp³-hybridized carbons (Fsp3) is 0.238. The average molecular weight is 435 g/mol. The highest BCUT2D eigenvalue weighted by molar-refractivity contribution is 6.05. The second-order valence-electron chi connectivity index (χ2n) is 6.51. The molecule has 0 saturated carbocycles. The Bertz CT molecular complexity index is 1110. The maximum Gasteiger partial charge on any atom is 0.416 e. The molecular formula is C21H20F3N3O4. The molecule has 0 fully saturated rings. The number of halogens is 3. The Balaban J connectivity index is 1.94. The van der Waals surface area contributed by atoms with Gasteiger partial charge in [-0.15, -0.1) is 0 Å². The minimum atomic E-state index is -4.50. The molecule has 0 radical (unpaired) electrons. The van der Waals surface area contributed by atoms with Crippen LogP contribution in [0.4, 0.5) is 18.9 Å². The summed E-state index contributed by atoms with van der Waals surface area (Å²) in [5.74, 6) is 0.431. The molecular weight excluding hydrogens is 415 g/mol. The molecule has 0 aliphatic heterocycles. The molecule has 0 aliphatic carbocycles. The largest absolute Gasteiger partial charge is 0.493 e. The maximum atomic E-state index is 13.0.